The second kappa shape index (κ2) is 7.06. The van der Waals surface area contributed by atoms with Crippen LogP contribution in [0.15, 0.2) is 36.4 Å². The lowest BCUT2D eigenvalue weighted by Crippen LogP contribution is -2.27. The van der Waals surface area contributed by atoms with Gasteiger partial charge in [-0.05, 0) is 37.1 Å². The summed E-state index contributed by atoms with van der Waals surface area (Å²) in [4.78, 5) is 11.9. The Morgan fingerprint density at radius 1 is 1.22 bits per heavy atom. The Morgan fingerprint density at radius 3 is 2.70 bits per heavy atom. The number of carbonyl (C=O) groups is 1. The number of anilines is 3. The zero-order chi connectivity index (χ0) is 16.1. The van der Waals surface area contributed by atoms with Crippen LogP contribution in [-0.4, -0.2) is 35.9 Å². The molecule has 2 aromatic rings. The Balaban J connectivity index is 1.63. The lowest BCUT2D eigenvalue weighted by Gasteiger charge is -2.11. The molecule has 1 aromatic carbocycles. The van der Waals surface area contributed by atoms with E-state index in [2.05, 4.69) is 20.8 Å². The third-order valence-corrected chi connectivity index (χ3v) is 3.51. The van der Waals surface area contributed by atoms with Crippen molar-refractivity contribution >= 4 is 23.2 Å². The van der Waals surface area contributed by atoms with Gasteiger partial charge >= 0.3 is 0 Å². The highest BCUT2D eigenvalue weighted by atomic mass is 16.5. The zero-order valence-electron chi connectivity index (χ0n) is 12.8. The summed E-state index contributed by atoms with van der Waals surface area (Å²) in [6.45, 7) is 0.630. The Hall–Kier alpha value is -2.67. The molecule has 0 bridgehead atoms. The number of aromatic nitrogens is 2. The monoisotopic (exact) mass is 314 g/mol. The van der Waals surface area contributed by atoms with Gasteiger partial charge in [-0.1, -0.05) is 12.1 Å². The van der Waals surface area contributed by atoms with Gasteiger partial charge in [-0.25, -0.2) is 0 Å². The standard InChI is InChI=1S/C16H18N4O3/c1-22-12-6-3-2-5-11(12)17-14-8-9-15(20-19-14)18-16(21)13-7-4-10-23-13/h2-3,5-6,8-9,13H,4,7,10H2,1H3,(H,17,19)(H,18,20,21). The molecule has 0 radical (unpaired) electrons. The van der Waals surface area contributed by atoms with Crippen LogP contribution in [-0.2, 0) is 9.53 Å². The van der Waals surface area contributed by atoms with Crippen molar-refractivity contribution in [3.05, 3.63) is 36.4 Å². The van der Waals surface area contributed by atoms with Gasteiger partial charge in [-0.15, -0.1) is 10.2 Å². The molecule has 1 unspecified atom stereocenters. The Labute approximate surface area is 134 Å². The van der Waals surface area contributed by atoms with Gasteiger partial charge in [0, 0.05) is 6.61 Å². The summed E-state index contributed by atoms with van der Waals surface area (Å²) in [6, 6.07) is 11.0. The molecular formula is C16H18N4O3. The van der Waals surface area contributed by atoms with Gasteiger partial charge in [0.2, 0.25) is 0 Å². The van der Waals surface area contributed by atoms with Gasteiger partial charge < -0.3 is 20.1 Å². The van der Waals surface area contributed by atoms with Crippen molar-refractivity contribution in [2.24, 2.45) is 0 Å². The van der Waals surface area contributed by atoms with Crippen molar-refractivity contribution in [1.82, 2.24) is 10.2 Å². The summed E-state index contributed by atoms with van der Waals surface area (Å²) in [6.07, 6.45) is 1.27. The molecule has 2 heterocycles. The number of ether oxygens (including phenoxy) is 2. The fraction of sp³-hybridized carbons (Fsp3) is 0.312. The van der Waals surface area contributed by atoms with E-state index in [1.165, 1.54) is 0 Å². The van der Waals surface area contributed by atoms with E-state index < -0.39 is 0 Å². The number of amides is 1. The minimum Gasteiger partial charge on any atom is -0.495 e. The van der Waals surface area contributed by atoms with Gasteiger partial charge in [0.25, 0.3) is 5.91 Å². The molecule has 1 aliphatic heterocycles. The van der Waals surface area contributed by atoms with Gasteiger partial charge in [0.15, 0.2) is 11.6 Å². The van der Waals surface area contributed by atoms with E-state index in [4.69, 9.17) is 9.47 Å². The highest BCUT2D eigenvalue weighted by Gasteiger charge is 2.23. The molecule has 1 atom stereocenters. The molecule has 7 heteroatoms. The number of hydrogen-bond acceptors (Lipinski definition) is 6. The van der Waals surface area contributed by atoms with E-state index in [0.717, 1.165) is 18.5 Å². The molecular weight excluding hydrogens is 296 g/mol. The molecule has 120 valence electrons. The second-order valence-corrected chi connectivity index (χ2v) is 5.12. The summed E-state index contributed by atoms with van der Waals surface area (Å²) in [5.74, 6) is 1.49. The summed E-state index contributed by atoms with van der Waals surface area (Å²) >= 11 is 0. The van der Waals surface area contributed by atoms with Crippen molar-refractivity contribution in [3.8, 4) is 5.75 Å². The molecule has 23 heavy (non-hydrogen) atoms. The van der Waals surface area contributed by atoms with E-state index in [1.807, 2.05) is 24.3 Å². The first-order chi connectivity index (χ1) is 11.3. The molecule has 3 rings (SSSR count). The lowest BCUT2D eigenvalue weighted by atomic mass is 10.2. The number of methoxy groups -OCH3 is 1. The maximum absolute atomic E-state index is 11.9. The van der Waals surface area contributed by atoms with Crippen molar-refractivity contribution in [2.75, 3.05) is 24.4 Å². The van der Waals surface area contributed by atoms with E-state index >= 15 is 0 Å². The number of hydrogen-bond donors (Lipinski definition) is 2. The highest BCUT2D eigenvalue weighted by Crippen LogP contribution is 2.26. The molecule has 1 saturated heterocycles. The summed E-state index contributed by atoms with van der Waals surface area (Å²) < 4.78 is 10.6. The van der Waals surface area contributed by atoms with Crippen molar-refractivity contribution in [3.63, 3.8) is 0 Å². The zero-order valence-corrected chi connectivity index (χ0v) is 12.8. The average Bonchev–Trinajstić information content (AvgIpc) is 3.12. The number of carbonyl (C=O) groups excluding carboxylic acids is 1. The van der Waals surface area contributed by atoms with Crippen LogP contribution in [0.1, 0.15) is 12.8 Å². The quantitative estimate of drug-likeness (QED) is 0.881. The number of rotatable bonds is 5. The summed E-state index contributed by atoms with van der Waals surface area (Å²) in [5, 5.41) is 13.9. The summed E-state index contributed by atoms with van der Waals surface area (Å²) in [7, 11) is 1.61. The normalized spacial score (nSPS) is 16.8. The average molecular weight is 314 g/mol. The van der Waals surface area contributed by atoms with Crippen LogP contribution in [0.4, 0.5) is 17.3 Å². The lowest BCUT2D eigenvalue weighted by molar-refractivity contribution is -0.124. The van der Waals surface area contributed by atoms with E-state index in [-0.39, 0.29) is 12.0 Å². The molecule has 1 fully saturated rings. The molecule has 0 aliphatic carbocycles. The van der Waals surface area contributed by atoms with Crippen LogP contribution < -0.4 is 15.4 Å². The molecule has 0 spiro atoms. The maximum Gasteiger partial charge on any atom is 0.254 e. The molecule has 2 N–H and O–H groups in total. The second-order valence-electron chi connectivity index (χ2n) is 5.12. The smallest absolute Gasteiger partial charge is 0.254 e. The predicted octanol–water partition coefficient (Wildman–Crippen LogP) is 2.35. The number of benzene rings is 1. The fourth-order valence-electron chi connectivity index (χ4n) is 2.34. The molecule has 7 nitrogen and oxygen atoms in total. The van der Waals surface area contributed by atoms with Crippen LogP contribution in [0.2, 0.25) is 0 Å². The predicted molar refractivity (Wildman–Crippen MR) is 85.9 cm³/mol. The highest BCUT2D eigenvalue weighted by molar-refractivity contribution is 5.93. The number of para-hydroxylation sites is 2. The molecule has 1 aliphatic rings. The first-order valence-corrected chi connectivity index (χ1v) is 7.42. The first-order valence-electron chi connectivity index (χ1n) is 7.42. The number of nitrogens with zero attached hydrogens (tertiary/aromatic N) is 2. The van der Waals surface area contributed by atoms with E-state index in [0.29, 0.717) is 24.0 Å². The Bertz CT molecular complexity index is 669. The van der Waals surface area contributed by atoms with Crippen LogP contribution in [0.3, 0.4) is 0 Å². The third-order valence-electron chi connectivity index (χ3n) is 3.51. The SMILES string of the molecule is COc1ccccc1Nc1ccc(NC(=O)C2CCCO2)nn1. The van der Waals surface area contributed by atoms with Crippen LogP contribution >= 0.6 is 0 Å². The fourth-order valence-corrected chi connectivity index (χ4v) is 2.34. The van der Waals surface area contributed by atoms with Crippen molar-refractivity contribution < 1.29 is 14.3 Å². The Morgan fingerprint density at radius 2 is 2.00 bits per heavy atom. The van der Waals surface area contributed by atoms with Gasteiger partial charge in [0.1, 0.15) is 11.9 Å². The maximum atomic E-state index is 11.9. The van der Waals surface area contributed by atoms with Crippen molar-refractivity contribution in [2.45, 2.75) is 18.9 Å². The van der Waals surface area contributed by atoms with E-state index in [1.54, 1.807) is 19.2 Å². The Kier molecular flexibility index (Phi) is 4.68. The minimum absolute atomic E-state index is 0.178. The van der Waals surface area contributed by atoms with Gasteiger partial charge in [-0.3, -0.25) is 4.79 Å². The molecule has 0 saturated carbocycles. The molecule has 1 amide bonds. The van der Waals surface area contributed by atoms with Gasteiger partial charge in [0.05, 0.1) is 12.8 Å². The largest absolute Gasteiger partial charge is 0.495 e. The first kappa shape index (κ1) is 15.2. The topological polar surface area (TPSA) is 85.4 Å². The van der Waals surface area contributed by atoms with Crippen LogP contribution in [0, 0.1) is 0 Å². The van der Waals surface area contributed by atoms with Crippen LogP contribution in [0.5, 0.6) is 5.75 Å². The molecule has 1 aromatic heterocycles. The number of nitrogens with one attached hydrogen (secondary N) is 2. The summed E-state index contributed by atoms with van der Waals surface area (Å²) in [5.41, 5.74) is 0.792. The van der Waals surface area contributed by atoms with Gasteiger partial charge in [-0.2, -0.15) is 0 Å². The van der Waals surface area contributed by atoms with Crippen molar-refractivity contribution in [1.29, 1.82) is 0 Å². The third kappa shape index (κ3) is 3.75. The van der Waals surface area contributed by atoms with E-state index in [9.17, 15) is 4.79 Å². The minimum atomic E-state index is -0.386. The van der Waals surface area contributed by atoms with Crippen LogP contribution in [0.25, 0.3) is 0 Å².